The number of halogens is 1. The fraction of sp³-hybridized carbons (Fsp3) is 0.217. The third-order valence-electron chi connectivity index (χ3n) is 5.27. The quantitative estimate of drug-likeness (QED) is 0.296. The third kappa shape index (κ3) is 3.98. The van der Waals surface area contributed by atoms with E-state index in [0.29, 0.717) is 17.3 Å². The summed E-state index contributed by atoms with van der Waals surface area (Å²) in [5.74, 6) is 0.461. The van der Waals surface area contributed by atoms with Gasteiger partial charge in [-0.15, -0.1) is 0 Å². The molecule has 0 N–H and O–H groups in total. The molecule has 0 saturated carbocycles. The lowest BCUT2D eigenvalue weighted by Gasteiger charge is -2.09. The van der Waals surface area contributed by atoms with E-state index in [1.165, 1.54) is 17.3 Å². The average Bonchev–Trinajstić information content (AvgIpc) is 3.18. The minimum Gasteiger partial charge on any atom is -0.351 e. The van der Waals surface area contributed by atoms with Gasteiger partial charge in [0.15, 0.2) is 10.9 Å². The maximum atomic E-state index is 12.9. The largest absolute Gasteiger partial charge is 0.351 e. The minimum atomic E-state index is 0.118. The molecule has 0 bridgehead atoms. The second kappa shape index (κ2) is 8.09. The number of hydrogen-bond donors (Lipinski definition) is 0. The van der Waals surface area contributed by atoms with Crippen LogP contribution in [0.2, 0.25) is 5.02 Å². The Morgan fingerprint density at radius 3 is 2.55 bits per heavy atom. The molecular weight excluding hydrogens is 402 g/mol. The monoisotopic (exact) mass is 423 g/mol. The lowest BCUT2D eigenvalue weighted by molar-refractivity contribution is 0.102. The number of fused-ring (bicyclic) bond motifs is 1. The Hall–Kier alpha value is -2.50. The van der Waals surface area contributed by atoms with Crippen LogP contribution in [-0.4, -0.2) is 25.7 Å². The maximum Gasteiger partial charge on any atom is 0.175 e. The number of rotatable bonds is 6. The standard InChI is InChI=1S/C23H22ClN3OS/c1-15-11-19(16(2)26(15)3)22(28)14-29-23-25-20-12-18(24)9-10-21(20)27(23)13-17-7-5-4-6-8-17/h4-12H,13-14H2,1-3H3. The van der Waals surface area contributed by atoms with Gasteiger partial charge >= 0.3 is 0 Å². The fourth-order valence-corrected chi connectivity index (χ4v) is 4.52. The fourth-order valence-electron chi connectivity index (χ4n) is 3.46. The van der Waals surface area contributed by atoms with Gasteiger partial charge in [0.25, 0.3) is 0 Å². The zero-order valence-corrected chi connectivity index (χ0v) is 18.2. The highest BCUT2D eigenvalue weighted by Crippen LogP contribution is 2.28. The van der Waals surface area contributed by atoms with E-state index in [9.17, 15) is 4.79 Å². The van der Waals surface area contributed by atoms with E-state index >= 15 is 0 Å². The van der Waals surface area contributed by atoms with E-state index in [1.54, 1.807) is 0 Å². The summed E-state index contributed by atoms with van der Waals surface area (Å²) >= 11 is 7.64. The predicted molar refractivity (Wildman–Crippen MR) is 120 cm³/mol. The first-order valence-corrected chi connectivity index (χ1v) is 10.8. The van der Waals surface area contributed by atoms with Crippen molar-refractivity contribution in [1.82, 2.24) is 14.1 Å². The Balaban J connectivity index is 1.64. The van der Waals surface area contributed by atoms with Gasteiger partial charge in [-0.1, -0.05) is 53.7 Å². The second-order valence-electron chi connectivity index (χ2n) is 7.15. The molecule has 0 aliphatic rings. The van der Waals surface area contributed by atoms with Crippen molar-refractivity contribution in [1.29, 1.82) is 0 Å². The van der Waals surface area contributed by atoms with Crippen LogP contribution in [0.3, 0.4) is 0 Å². The summed E-state index contributed by atoms with van der Waals surface area (Å²) in [6, 6.07) is 18.0. The molecule has 0 radical (unpaired) electrons. The minimum absolute atomic E-state index is 0.118. The van der Waals surface area contributed by atoms with Crippen LogP contribution in [0.25, 0.3) is 11.0 Å². The first-order chi connectivity index (χ1) is 13.9. The van der Waals surface area contributed by atoms with Crippen molar-refractivity contribution < 1.29 is 4.79 Å². The Morgan fingerprint density at radius 2 is 1.86 bits per heavy atom. The van der Waals surface area contributed by atoms with Gasteiger partial charge in [0, 0.05) is 29.0 Å². The summed E-state index contributed by atoms with van der Waals surface area (Å²) in [7, 11) is 1.98. The topological polar surface area (TPSA) is 39.8 Å². The summed E-state index contributed by atoms with van der Waals surface area (Å²) < 4.78 is 4.20. The summed E-state index contributed by atoms with van der Waals surface area (Å²) in [6.07, 6.45) is 0. The van der Waals surface area contributed by atoms with Crippen LogP contribution in [0.15, 0.2) is 59.8 Å². The van der Waals surface area contributed by atoms with E-state index in [1.807, 2.05) is 67.9 Å². The molecule has 2 heterocycles. The molecule has 2 aromatic carbocycles. The number of nitrogens with zero attached hydrogens (tertiary/aromatic N) is 3. The molecule has 0 saturated heterocycles. The van der Waals surface area contributed by atoms with Gasteiger partial charge in [-0.2, -0.15) is 0 Å². The van der Waals surface area contributed by atoms with Crippen molar-refractivity contribution in [2.45, 2.75) is 25.5 Å². The van der Waals surface area contributed by atoms with Gasteiger partial charge in [0.05, 0.1) is 23.3 Å². The number of Topliss-reactive ketones (excluding diaryl/α,β-unsaturated/α-hetero) is 1. The molecule has 148 valence electrons. The van der Waals surface area contributed by atoms with E-state index < -0.39 is 0 Å². The lowest BCUT2D eigenvalue weighted by atomic mass is 10.2. The van der Waals surface area contributed by atoms with Crippen LogP contribution in [0.1, 0.15) is 27.3 Å². The highest BCUT2D eigenvalue weighted by atomic mass is 35.5. The Bertz CT molecular complexity index is 1190. The van der Waals surface area contributed by atoms with Crippen molar-refractivity contribution in [3.8, 4) is 0 Å². The van der Waals surface area contributed by atoms with Crippen LogP contribution in [0.4, 0.5) is 0 Å². The molecule has 0 spiro atoms. The van der Waals surface area contributed by atoms with Gasteiger partial charge in [-0.25, -0.2) is 4.98 Å². The van der Waals surface area contributed by atoms with Crippen LogP contribution < -0.4 is 0 Å². The molecule has 6 heteroatoms. The second-order valence-corrected chi connectivity index (χ2v) is 8.53. The number of aryl methyl sites for hydroxylation is 1. The van der Waals surface area contributed by atoms with Crippen LogP contribution in [0.5, 0.6) is 0 Å². The maximum absolute atomic E-state index is 12.9. The van der Waals surface area contributed by atoms with E-state index in [0.717, 1.165) is 33.1 Å². The van der Waals surface area contributed by atoms with Crippen molar-refractivity contribution >= 4 is 40.2 Å². The number of carbonyl (C=O) groups excluding carboxylic acids is 1. The zero-order chi connectivity index (χ0) is 20.5. The molecule has 0 fully saturated rings. The van der Waals surface area contributed by atoms with Crippen molar-refractivity contribution in [3.05, 3.63) is 82.1 Å². The van der Waals surface area contributed by atoms with Gasteiger partial charge in [-0.05, 0) is 43.7 Å². The van der Waals surface area contributed by atoms with Crippen LogP contribution in [-0.2, 0) is 13.6 Å². The number of imidazole rings is 1. The van der Waals surface area contributed by atoms with E-state index in [-0.39, 0.29) is 5.78 Å². The SMILES string of the molecule is Cc1cc(C(=O)CSc2nc3cc(Cl)ccc3n2Cc2ccccc2)c(C)n1C. The smallest absolute Gasteiger partial charge is 0.175 e. The van der Waals surface area contributed by atoms with Crippen molar-refractivity contribution in [2.75, 3.05) is 5.75 Å². The molecule has 2 aromatic heterocycles. The molecule has 0 unspecified atom stereocenters. The molecule has 0 atom stereocenters. The molecule has 0 aliphatic heterocycles. The number of benzene rings is 2. The van der Waals surface area contributed by atoms with Gasteiger partial charge in [-0.3, -0.25) is 4.79 Å². The number of carbonyl (C=O) groups is 1. The zero-order valence-electron chi connectivity index (χ0n) is 16.6. The van der Waals surface area contributed by atoms with Crippen LogP contribution >= 0.6 is 23.4 Å². The van der Waals surface area contributed by atoms with Crippen molar-refractivity contribution in [3.63, 3.8) is 0 Å². The number of thioether (sulfide) groups is 1. The summed E-state index contributed by atoms with van der Waals surface area (Å²) in [5, 5.41) is 1.48. The van der Waals surface area contributed by atoms with Gasteiger partial charge in [0.2, 0.25) is 0 Å². The Labute approximate surface area is 179 Å². The molecule has 4 aromatic rings. The van der Waals surface area contributed by atoms with E-state index in [4.69, 9.17) is 16.6 Å². The third-order valence-corrected chi connectivity index (χ3v) is 6.48. The van der Waals surface area contributed by atoms with Crippen LogP contribution in [0, 0.1) is 13.8 Å². The summed E-state index contributed by atoms with van der Waals surface area (Å²) in [6.45, 7) is 4.69. The Morgan fingerprint density at radius 1 is 1.10 bits per heavy atom. The number of hydrogen-bond acceptors (Lipinski definition) is 3. The summed E-state index contributed by atoms with van der Waals surface area (Å²) in [4.78, 5) is 17.6. The predicted octanol–water partition coefficient (Wildman–Crippen LogP) is 5.67. The highest BCUT2D eigenvalue weighted by molar-refractivity contribution is 7.99. The Kier molecular flexibility index (Phi) is 5.52. The first-order valence-electron chi connectivity index (χ1n) is 9.42. The molecule has 29 heavy (non-hydrogen) atoms. The molecule has 4 rings (SSSR count). The van der Waals surface area contributed by atoms with Gasteiger partial charge in [0.1, 0.15) is 0 Å². The molecule has 0 aliphatic carbocycles. The average molecular weight is 424 g/mol. The van der Waals surface area contributed by atoms with Gasteiger partial charge < -0.3 is 9.13 Å². The van der Waals surface area contributed by atoms with Crippen molar-refractivity contribution in [2.24, 2.45) is 7.05 Å². The highest BCUT2D eigenvalue weighted by Gasteiger charge is 2.17. The normalized spacial score (nSPS) is 11.3. The number of ketones is 1. The summed E-state index contributed by atoms with van der Waals surface area (Å²) in [5.41, 5.74) is 5.91. The number of aromatic nitrogens is 3. The van der Waals surface area contributed by atoms with E-state index in [2.05, 4.69) is 16.7 Å². The molecule has 0 amide bonds. The molecule has 4 nitrogen and oxygen atoms in total. The lowest BCUT2D eigenvalue weighted by Crippen LogP contribution is -2.07. The first kappa shape index (κ1) is 19.8. The molecular formula is C23H22ClN3OS.